The Hall–Kier alpha value is -0.610. The summed E-state index contributed by atoms with van der Waals surface area (Å²) in [5.41, 5.74) is 6.25. The van der Waals surface area contributed by atoms with Crippen molar-refractivity contribution in [3.05, 3.63) is 0 Å². The molecular formula is C20H40N2O2. The summed E-state index contributed by atoms with van der Waals surface area (Å²) in [5, 5.41) is 13.6. The van der Waals surface area contributed by atoms with Crippen LogP contribution in [0.1, 0.15) is 79.1 Å². The van der Waals surface area contributed by atoms with Crippen molar-refractivity contribution in [2.24, 2.45) is 29.4 Å². The number of carbonyl (C=O) groups excluding carboxylic acids is 1. The lowest BCUT2D eigenvalue weighted by molar-refractivity contribution is -0.127. The highest BCUT2D eigenvalue weighted by molar-refractivity contribution is 5.78. The SMILES string of the molecule is CC(C)CCNC(=O)[C@H](C[C@H](O)[C@@H](N)CC1CCCCC1)C(C)C. The lowest BCUT2D eigenvalue weighted by atomic mass is 9.81. The molecule has 24 heavy (non-hydrogen) atoms. The second kappa shape index (κ2) is 11.1. The Morgan fingerprint density at radius 1 is 1.17 bits per heavy atom. The average molecular weight is 341 g/mol. The molecule has 1 saturated carbocycles. The van der Waals surface area contributed by atoms with Crippen LogP contribution in [0.25, 0.3) is 0 Å². The maximum absolute atomic E-state index is 12.5. The fourth-order valence-electron chi connectivity index (χ4n) is 3.70. The van der Waals surface area contributed by atoms with Crippen LogP contribution >= 0.6 is 0 Å². The number of rotatable bonds is 10. The fourth-order valence-corrected chi connectivity index (χ4v) is 3.70. The van der Waals surface area contributed by atoms with Crippen molar-refractivity contribution in [3.8, 4) is 0 Å². The second-order valence-corrected chi connectivity index (χ2v) is 8.53. The zero-order valence-electron chi connectivity index (χ0n) is 16.3. The predicted molar refractivity (Wildman–Crippen MR) is 101 cm³/mol. The normalized spacial score (nSPS) is 20.2. The highest BCUT2D eigenvalue weighted by Crippen LogP contribution is 2.28. The van der Waals surface area contributed by atoms with Gasteiger partial charge in [0.15, 0.2) is 0 Å². The van der Waals surface area contributed by atoms with Gasteiger partial charge < -0.3 is 16.2 Å². The first-order valence-corrected chi connectivity index (χ1v) is 10.0. The van der Waals surface area contributed by atoms with Crippen LogP contribution in [0.15, 0.2) is 0 Å². The van der Waals surface area contributed by atoms with Gasteiger partial charge in [-0.05, 0) is 37.0 Å². The number of carbonyl (C=O) groups is 1. The van der Waals surface area contributed by atoms with Crippen molar-refractivity contribution in [2.45, 2.75) is 91.2 Å². The quantitative estimate of drug-likeness (QED) is 0.570. The minimum Gasteiger partial charge on any atom is -0.391 e. The van der Waals surface area contributed by atoms with Gasteiger partial charge in [0.05, 0.1) is 6.10 Å². The maximum Gasteiger partial charge on any atom is 0.223 e. The van der Waals surface area contributed by atoms with Crippen molar-refractivity contribution in [1.29, 1.82) is 0 Å². The number of hydrogen-bond donors (Lipinski definition) is 3. The van der Waals surface area contributed by atoms with Gasteiger partial charge in [0, 0.05) is 18.5 Å². The highest BCUT2D eigenvalue weighted by atomic mass is 16.3. The molecule has 1 aliphatic carbocycles. The summed E-state index contributed by atoms with van der Waals surface area (Å²) in [6, 6.07) is -0.210. The number of nitrogens with one attached hydrogen (secondary N) is 1. The maximum atomic E-state index is 12.5. The van der Waals surface area contributed by atoms with E-state index in [1.165, 1.54) is 32.1 Å². The number of aliphatic hydroxyl groups excluding tert-OH is 1. The summed E-state index contributed by atoms with van der Waals surface area (Å²) in [6.45, 7) is 9.11. The standard InChI is InChI=1S/C20H40N2O2/c1-14(2)10-11-22-20(24)17(15(3)4)13-19(23)18(21)12-16-8-6-5-7-9-16/h14-19,23H,5-13,21H2,1-4H3,(H,22,24)/t17-,18+,19+/m1/s1. The third-order valence-corrected chi connectivity index (χ3v) is 5.48. The molecule has 0 aliphatic heterocycles. The molecule has 0 aromatic rings. The van der Waals surface area contributed by atoms with Crippen LogP contribution in [-0.2, 0) is 4.79 Å². The molecule has 4 N–H and O–H groups in total. The van der Waals surface area contributed by atoms with E-state index in [-0.39, 0.29) is 23.8 Å². The first-order valence-electron chi connectivity index (χ1n) is 10.0. The molecule has 0 saturated heterocycles. The van der Waals surface area contributed by atoms with Crippen LogP contribution in [0.4, 0.5) is 0 Å². The van der Waals surface area contributed by atoms with E-state index in [4.69, 9.17) is 5.73 Å². The van der Waals surface area contributed by atoms with E-state index in [0.29, 0.717) is 24.8 Å². The summed E-state index contributed by atoms with van der Waals surface area (Å²) < 4.78 is 0. The Labute approximate surface area is 149 Å². The largest absolute Gasteiger partial charge is 0.391 e. The van der Waals surface area contributed by atoms with Crippen LogP contribution in [0.5, 0.6) is 0 Å². The molecule has 0 bridgehead atoms. The van der Waals surface area contributed by atoms with Crippen LogP contribution in [0.3, 0.4) is 0 Å². The van der Waals surface area contributed by atoms with E-state index in [1.54, 1.807) is 0 Å². The molecule has 4 nitrogen and oxygen atoms in total. The van der Waals surface area contributed by atoms with Crippen molar-refractivity contribution in [1.82, 2.24) is 5.32 Å². The van der Waals surface area contributed by atoms with Gasteiger partial charge in [-0.2, -0.15) is 0 Å². The molecule has 4 heteroatoms. The van der Waals surface area contributed by atoms with Crippen LogP contribution in [0.2, 0.25) is 0 Å². The molecule has 3 atom stereocenters. The minimum absolute atomic E-state index is 0.0644. The van der Waals surface area contributed by atoms with E-state index in [2.05, 4.69) is 19.2 Å². The molecule has 142 valence electrons. The zero-order chi connectivity index (χ0) is 18.1. The van der Waals surface area contributed by atoms with Crippen molar-refractivity contribution in [3.63, 3.8) is 0 Å². The van der Waals surface area contributed by atoms with Gasteiger partial charge in [-0.15, -0.1) is 0 Å². The molecule has 0 unspecified atom stereocenters. The van der Waals surface area contributed by atoms with Crippen molar-refractivity contribution < 1.29 is 9.90 Å². The molecule has 0 aromatic carbocycles. The van der Waals surface area contributed by atoms with Gasteiger partial charge >= 0.3 is 0 Å². The van der Waals surface area contributed by atoms with Crippen LogP contribution in [-0.4, -0.2) is 29.7 Å². The molecule has 1 amide bonds. The average Bonchev–Trinajstić information content (AvgIpc) is 2.52. The molecule has 0 radical (unpaired) electrons. The van der Waals surface area contributed by atoms with Crippen molar-refractivity contribution in [2.75, 3.05) is 6.54 Å². The summed E-state index contributed by atoms with van der Waals surface area (Å²) in [7, 11) is 0. The number of aliphatic hydroxyl groups is 1. The van der Waals surface area contributed by atoms with E-state index < -0.39 is 6.10 Å². The van der Waals surface area contributed by atoms with Gasteiger partial charge in [-0.25, -0.2) is 0 Å². The summed E-state index contributed by atoms with van der Waals surface area (Å²) in [6.07, 6.45) is 8.16. The zero-order valence-corrected chi connectivity index (χ0v) is 16.3. The van der Waals surface area contributed by atoms with Gasteiger partial charge in [0.25, 0.3) is 0 Å². The van der Waals surface area contributed by atoms with Gasteiger partial charge in [0.2, 0.25) is 5.91 Å². The second-order valence-electron chi connectivity index (χ2n) is 8.53. The lowest BCUT2D eigenvalue weighted by Crippen LogP contribution is -2.42. The molecule has 1 aliphatic rings. The first kappa shape index (κ1) is 21.4. The molecule has 0 aromatic heterocycles. The number of amides is 1. The Morgan fingerprint density at radius 2 is 1.79 bits per heavy atom. The monoisotopic (exact) mass is 340 g/mol. The number of hydrogen-bond acceptors (Lipinski definition) is 3. The van der Waals surface area contributed by atoms with E-state index >= 15 is 0 Å². The Kier molecular flexibility index (Phi) is 9.91. The van der Waals surface area contributed by atoms with Gasteiger partial charge in [0.1, 0.15) is 0 Å². The molecule has 1 fully saturated rings. The molecular weight excluding hydrogens is 300 g/mol. The topological polar surface area (TPSA) is 75.3 Å². The summed E-state index contributed by atoms with van der Waals surface area (Å²) in [4.78, 5) is 12.5. The van der Waals surface area contributed by atoms with E-state index in [9.17, 15) is 9.90 Å². The van der Waals surface area contributed by atoms with Crippen molar-refractivity contribution >= 4 is 5.91 Å². The Morgan fingerprint density at radius 3 is 2.33 bits per heavy atom. The minimum atomic E-state index is -0.588. The Bertz CT molecular complexity index is 352. The molecule has 1 rings (SSSR count). The third kappa shape index (κ3) is 7.98. The van der Waals surface area contributed by atoms with Crippen LogP contribution in [0, 0.1) is 23.7 Å². The van der Waals surface area contributed by atoms with Gasteiger partial charge in [-0.1, -0.05) is 59.8 Å². The highest BCUT2D eigenvalue weighted by Gasteiger charge is 2.29. The smallest absolute Gasteiger partial charge is 0.223 e. The van der Waals surface area contributed by atoms with E-state index in [1.807, 2.05) is 13.8 Å². The lowest BCUT2D eigenvalue weighted by Gasteiger charge is -2.29. The predicted octanol–water partition coefficient (Wildman–Crippen LogP) is 3.47. The molecule has 0 heterocycles. The van der Waals surface area contributed by atoms with E-state index in [0.717, 1.165) is 12.8 Å². The fraction of sp³-hybridized carbons (Fsp3) is 0.950. The number of nitrogens with two attached hydrogens (primary N) is 1. The van der Waals surface area contributed by atoms with Gasteiger partial charge in [-0.3, -0.25) is 4.79 Å². The van der Waals surface area contributed by atoms with Crippen LogP contribution < -0.4 is 11.1 Å². The first-order chi connectivity index (χ1) is 11.3. The summed E-state index contributed by atoms with van der Waals surface area (Å²) in [5.74, 6) is 1.35. The summed E-state index contributed by atoms with van der Waals surface area (Å²) >= 11 is 0. The third-order valence-electron chi connectivity index (χ3n) is 5.48. The molecule has 0 spiro atoms. The Balaban J connectivity index is 2.45.